The maximum atomic E-state index is 5.58. The zero-order valence-corrected chi connectivity index (χ0v) is 8.89. The van der Waals surface area contributed by atoms with E-state index in [4.69, 9.17) is 16.3 Å². The van der Waals surface area contributed by atoms with E-state index in [1.54, 1.807) is 6.07 Å². The normalized spacial score (nSPS) is 10.4. The molecule has 0 radical (unpaired) electrons. The average Bonchev–Trinajstić information content (AvgIpc) is 2.76. The van der Waals surface area contributed by atoms with E-state index in [1.807, 2.05) is 6.92 Å². The van der Waals surface area contributed by atoms with Crippen molar-refractivity contribution in [2.75, 3.05) is 0 Å². The largest absolute Gasteiger partial charge is 0.409 e. The number of alkyl halides is 1. The van der Waals surface area contributed by atoms with Gasteiger partial charge in [-0.3, -0.25) is 5.10 Å². The Morgan fingerprint density at radius 1 is 1.57 bits per heavy atom. The van der Waals surface area contributed by atoms with Gasteiger partial charge in [-0.1, -0.05) is 16.4 Å². The van der Waals surface area contributed by atoms with Gasteiger partial charge in [-0.15, -0.1) is 21.8 Å². The molecule has 0 atom stereocenters. The Hall–Kier alpha value is -1.14. The summed E-state index contributed by atoms with van der Waals surface area (Å²) in [6, 6.07) is 1.78. The van der Waals surface area contributed by atoms with Crippen LogP contribution in [0.3, 0.4) is 0 Å². The summed E-state index contributed by atoms with van der Waals surface area (Å²) in [7, 11) is 0. The van der Waals surface area contributed by atoms with Crippen molar-refractivity contribution in [1.82, 2.24) is 20.4 Å². The van der Waals surface area contributed by atoms with Gasteiger partial charge in [0, 0.05) is 11.8 Å². The Balaban J connectivity index is 2.10. The summed E-state index contributed by atoms with van der Waals surface area (Å²) < 4.78 is 5.33. The molecule has 5 nitrogen and oxygen atoms in total. The van der Waals surface area contributed by atoms with Crippen LogP contribution in [-0.4, -0.2) is 20.4 Å². The van der Waals surface area contributed by atoms with Crippen molar-refractivity contribution < 1.29 is 4.74 Å². The van der Waals surface area contributed by atoms with Crippen LogP contribution >= 0.6 is 22.9 Å². The molecule has 0 amide bonds. The van der Waals surface area contributed by atoms with Crippen molar-refractivity contribution in [2.24, 2.45) is 0 Å². The first-order valence-electron chi connectivity index (χ1n) is 3.86. The number of nitrogens with zero attached hydrogens (tertiary/aromatic N) is 3. The standard InChI is InChI=1S/C7H7ClN4OS/c1-4-2-5(10-9-4)13-7-12-11-6(3-8)14-7/h2H,3H2,1H3,(H,9,10). The fourth-order valence-electron chi connectivity index (χ4n) is 0.868. The smallest absolute Gasteiger partial charge is 0.300 e. The van der Waals surface area contributed by atoms with Crippen LogP contribution in [0, 0.1) is 6.92 Å². The van der Waals surface area contributed by atoms with E-state index in [-0.39, 0.29) is 0 Å². The van der Waals surface area contributed by atoms with Gasteiger partial charge in [0.15, 0.2) is 0 Å². The van der Waals surface area contributed by atoms with Gasteiger partial charge < -0.3 is 4.74 Å². The zero-order chi connectivity index (χ0) is 9.97. The molecule has 74 valence electrons. The number of aromatic amines is 1. The quantitative estimate of drug-likeness (QED) is 0.821. The number of halogens is 1. The molecule has 2 aromatic rings. The Bertz CT molecular complexity index is 427. The lowest BCUT2D eigenvalue weighted by molar-refractivity contribution is 0.453. The monoisotopic (exact) mass is 230 g/mol. The number of aromatic nitrogens is 4. The first-order valence-corrected chi connectivity index (χ1v) is 5.21. The predicted octanol–water partition coefficient (Wildman–Crippen LogP) is 2.10. The van der Waals surface area contributed by atoms with Crippen molar-refractivity contribution in [1.29, 1.82) is 0 Å². The summed E-state index contributed by atoms with van der Waals surface area (Å²) >= 11 is 6.88. The SMILES string of the molecule is Cc1cc(Oc2nnc(CCl)s2)n[nH]1. The van der Waals surface area contributed by atoms with E-state index < -0.39 is 0 Å². The second-order valence-corrected chi connectivity index (χ2v) is 3.88. The van der Waals surface area contributed by atoms with Gasteiger partial charge in [0.2, 0.25) is 5.88 Å². The number of H-pyrrole nitrogens is 1. The van der Waals surface area contributed by atoms with Gasteiger partial charge >= 0.3 is 5.19 Å². The van der Waals surface area contributed by atoms with E-state index >= 15 is 0 Å². The van der Waals surface area contributed by atoms with Crippen LogP contribution in [0.4, 0.5) is 0 Å². The third kappa shape index (κ3) is 2.02. The zero-order valence-electron chi connectivity index (χ0n) is 7.32. The van der Waals surface area contributed by atoms with Crippen molar-refractivity contribution >= 4 is 22.9 Å². The third-order valence-corrected chi connectivity index (χ3v) is 2.65. The second-order valence-electron chi connectivity index (χ2n) is 2.59. The molecule has 0 aliphatic rings. The molecule has 14 heavy (non-hydrogen) atoms. The minimum atomic E-state index is 0.348. The summed E-state index contributed by atoms with van der Waals surface area (Å²) in [5.41, 5.74) is 0.932. The van der Waals surface area contributed by atoms with E-state index in [2.05, 4.69) is 20.4 Å². The first-order chi connectivity index (χ1) is 6.78. The summed E-state index contributed by atoms with van der Waals surface area (Å²) in [6.07, 6.45) is 0. The van der Waals surface area contributed by atoms with Crippen LogP contribution < -0.4 is 4.74 Å². The van der Waals surface area contributed by atoms with Gasteiger partial charge in [-0.05, 0) is 6.92 Å². The fraction of sp³-hybridized carbons (Fsp3) is 0.286. The van der Waals surface area contributed by atoms with Crippen molar-refractivity contribution in [3.8, 4) is 11.1 Å². The molecule has 7 heteroatoms. The summed E-state index contributed by atoms with van der Waals surface area (Å²) in [5, 5.41) is 15.5. The minimum Gasteiger partial charge on any atom is -0.409 e. The highest BCUT2D eigenvalue weighted by atomic mass is 35.5. The molecule has 0 saturated heterocycles. The van der Waals surface area contributed by atoms with E-state index in [9.17, 15) is 0 Å². The molecule has 0 bridgehead atoms. The molecule has 0 saturated carbocycles. The van der Waals surface area contributed by atoms with Gasteiger partial charge in [0.05, 0.1) is 5.88 Å². The predicted molar refractivity (Wildman–Crippen MR) is 52.9 cm³/mol. The highest BCUT2D eigenvalue weighted by Crippen LogP contribution is 2.24. The molecule has 0 fully saturated rings. The molecule has 0 aliphatic heterocycles. The Morgan fingerprint density at radius 3 is 3.00 bits per heavy atom. The molecule has 2 aromatic heterocycles. The molecule has 2 rings (SSSR count). The molecule has 0 unspecified atom stereocenters. The number of aryl methyl sites for hydroxylation is 1. The fourth-order valence-corrected chi connectivity index (χ4v) is 1.63. The highest BCUT2D eigenvalue weighted by Gasteiger charge is 2.06. The van der Waals surface area contributed by atoms with Gasteiger partial charge in [0.1, 0.15) is 5.01 Å². The summed E-state index contributed by atoms with van der Waals surface area (Å²) in [6.45, 7) is 1.89. The lowest BCUT2D eigenvalue weighted by Crippen LogP contribution is -1.82. The number of ether oxygens (including phenoxy) is 1. The first kappa shape index (κ1) is 9.42. The number of rotatable bonds is 3. The Morgan fingerprint density at radius 2 is 2.43 bits per heavy atom. The van der Waals surface area contributed by atoms with Crippen molar-refractivity contribution in [2.45, 2.75) is 12.8 Å². The molecule has 0 spiro atoms. The number of hydrogen-bond donors (Lipinski definition) is 1. The maximum Gasteiger partial charge on any atom is 0.300 e. The molecular weight excluding hydrogens is 224 g/mol. The van der Waals surface area contributed by atoms with Gasteiger partial charge in [0.25, 0.3) is 0 Å². The van der Waals surface area contributed by atoms with Crippen LogP contribution in [0.5, 0.6) is 11.1 Å². The molecule has 0 aromatic carbocycles. The van der Waals surface area contributed by atoms with Crippen molar-refractivity contribution in [3.05, 3.63) is 16.8 Å². The minimum absolute atomic E-state index is 0.348. The molecular formula is C7H7ClN4OS. The number of hydrogen-bond acceptors (Lipinski definition) is 5. The topological polar surface area (TPSA) is 63.7 Å². The maximum absolute atomic E-state index is 5.58. The molecule has 0 aliphatic carbocycles. The molecule has 1 N–H and O–H groups in total. The van der Waals surface area contributed by atoms with Crippen LogP contribution in [0.25, 0.3) is 0 Å². The average molecular weight is 231 g/mol. The van der Waals surface area contributed by atoms with Crippen LogP contribution in [0.2, 0.25) is 0 Å². The summed E-state index contributed by atoms with van der Waals surface area (Å²) in [4.78, 5) is 0. The van der Waals surface area contributed by atoms with Crippen molar-refractivity contribution in [3.63, 3.8) is 0 Å². The van der Waals surface area contributed by atoms with E-state index in [1.165, 1.54) is 11.3 Å². The van der Waals surface area contributed by atoms with Crippen LogP contribution in [-0.2, 0) is 5.88 Å². The van der Waals surface area contributed by atoms with Crippen LogP contribution in [0.1, 0.15) is 10.7 Å². The second kappa shape index (κ2) is 3.93. The number of nitrogens with one attached hydrogen (secondary N) is 1. The lowest BCUT2D eigenvalue weighted by atomic mass is 10.5. The molecule has 2 heterocycles. The van der Waals surface area contributed by atoms with Gasteiger partial charge in [-0.2, -0.15) is 0 Å². The Kier molecular flexibility index (Phi) is 2.64. The van der Waals surface area contributed by atoms with Crippen LogP contribution in [0.15, 0.2) is 6.07 Å². The third-order valence-electron chi connectivity index (χ3n) is 1.44. The summed E-state index contributed by atoms with van der Waals surface area (Å²) in [5.74, 6) is 0.834. The lowest BCUT2D eigenvalue weighted by Gasteiger charge is -1.91. The Labute approximate surface area is 89.1 Å². The van der Waals surface area contributed by atoms with E-state index in [0.29, 0.717) is 17.0 Å². The van der Waals surface area contributed by atoms with E-state index in [0.717, 1.165) is 10.7 Å². The van der Waals surface area contributed by atoms with Gasteiger partial charge in [-0.25, -0.2) is 0 Å². The highest BCUT2D eigenvalue weighted by molar-refractivity contribution is 7.13.